The fourth-order valence-corrected chi connectivity index (χ4v) is 2.73. The number of rotatable bonds is 1. The molecule has 20 heavy (non-hydrogen) atoms. The fourth-order valence-electron chi connectivity index (χ4n) is 2.22. The number of fused-ring (bicyclic) bond motifs is 3. The van der Waals surface area contributed by atoms with Gasteiger partial charge in [0.1, 0.15) is 12.0 Å². The van der Waals surface area contributed by atoms with Gasteiger partial charge in [0.15, 0.2) is 11.3 Å². The van der Waals surface area contributed by atoms with Gasteiger partial charge < -0.3 is 0 Å². The molecule has 0 saturated heterocycles. The average Bonchev–Trinajstić information content (AvgIpc) is 3.07. The number of hydrogen-bond acceptors (Lipinski definition) is 5. The van der Waals surface area contributed by atoms with E-state index in [1.165, 1.54) is 0 Å². The summed E-state index contributed by atoms with van der Waals surface area (Å²) in [7, 11) is 1.87. The zero-order valence-electron chi connectivity index (χ0n) is 10.7. The first-order valence-corrected chi connectivity index (χ1v) is 6.68. The van der Waals surface area contributed by atoms with Gasteiger partial charge >= 0.3 is 0 Å². The van der Waals surface area contributed by atoms with Crippen molar-refractivity contribution in [1.82, 2.24) is 39.6 Å². The molecule has 0 atom stereocenters. The first-order valence-electron chi connectivity index (χ1n) is 5.89. The number of halogens is 1. The van der Waals surface area contributed by atoms with Gasteiger partial charge in [-0.05, 0) is 22.9 Å². The summed E-state index contributed by atoms with van der Waals surface area (Å²) in [5.41, 5.74) is 3.14. The molecule has 0 saturated carbocycles. The van der Waals surface area contributed by atoms with Crippen molar-refractivity contribution in [2.75, 3.05) is 0 Å². The van der Waals surface area contributed by atoms with E-state index in [-0.39, 0.29) is 0 Å². The van der Waals surface area contributed by atoms with E-state index in [4.69, 9.17) is 0 Å². The topological polar surface area (TPSA) is 89.6 Å². The van der Waals surface area contributed by atoms with Crippen LogP contribution >= 0.6 is 15.9 Å². The molecule has 0 aliphatic rings. The third kappa shape index (κ3) is 1.43. The van der Waals surface area contributed by atoms with Crippen LogP contribution < -0.4 is 0 Å². The van der Waals surface area contributed by atoms with Crippen LogP contribution in [0.1, 0.15) is 5.69 Å². The molecule has 1 N–H and O–H groups in total. The second kappa shape index (κ2) is 3.85. The SMILES string of the molecule is Cc1nn(C)c(-c2nc3c4cn[nH]c4ncn3n2)c1Br. The number of hydrogen-bond donors (Lipinski definition) is 1. The molecule has 0 aromatic carbocycles. The highest BCUT2D eigenvalue weighted by Crippen LogP contribution is 2.29. The molecule has 0 amide bonds. The van der Waals surface area contributed by atoms with E-state index in [0.717, 1.165) is 21.2 Å². The molecular formula is C11H9BrN8. The third-order valence-electron chi connectivity index (χ3n) is 3.15. The summed E-state index contributed by atoms with van der Waals surface area (Å²) in [6, 6.07) is 0. The Balaban J connectivity index is 2.05. The Morgan fingerprint density at radius 1 is 1.30 bits per heavy atom. The molecule has 4 rings (SSSR count). The van der Waals surface area contributed by atoms with Crippen LogP contribution in [0.4, 0.5) is 0 Å². The maximum Gasteiger partial charge on any atom is 0.201 e. The zero-order chi connectivity index (χ0) is 13.9. The van der Waals surface area contributed by atoms with E-state index in [1.54, 1.807) is 21.7 Å². The normalized spacial score (nSPS) is 11.8. The minimum absolute atomic E-state index is 0.593. The first-order chi connectivity index (χ1) is 9.65. The minimum atomic E-state index is 0.593. The van der Waals surface area contributed by atoms with Crippen molar-refractivity contribution < 1.29 is 0 Å². The summed E-state index contributed by atoms with van der Waals surface area (Å²) in [4.78, 5) is 8.81. The highest BCUT2D eigenvalue weighted by atomic mass is 79.9. The molecule has 4 aromatic rings. The van der Waals surface area contributed by atoms with Crippen molar-refractivity contribution in [2.24, 2.45) is 7.05 Å². The van der Waals surface area contributed by atoms with Gasteiger partial charge in [-0.1, -0.05) is 0 Å². The molecule has 0 bridgehead atoms. The third-order valence-corrected chi connectivity index (χ3v) is 4.10. The molecule has 8 nitrogen and oxygen atoms in total. The Morgan fingerprint density at radius 2 is 2.15 bits per heavy atom. The Bertz CT molecular complexity index is 946. The zero-order valence-corrected chi connectivity index (χ0v) is 12.2. The van der Waals surface area contributed by atoms with Crippen LogP contribution in [0.5, 0.6) is 0 Å². The summed E-state index contributed by atoms with van der Waals surface area (Å²) in [5.74, 6) is 0.593. The van der Waals surface area contributed by atoms with Crippen LogP contribution in [-0.2, 0) is 7.05 Å². The van der Waals surface area contributed by atoms with Crippen LogP contribution in [0, 0.1) is 6.92 Å². The van der Waals surface area contributed by atoms with Gasteiger partial charge in [0.25, 0.3) is 0 Å². The highest BCUT2D eigenvalue weighted by molar-refractivity contribution is 9.10. The molecule has 0 fully saturated rings. The van der Waals surface area contributed by atoms with Gasteiger partial charge in [-0.2, -0.15) is 10.2 Å². The van der Waals surface area contributed by atoms with Crippen molar-refractivity contribution in [2.45, 2.75) is 6.92 Å². The minimum Gasteiger partial charge on any atom is -0.263 e. The number of nitrogens with one attached hydrogen (secondary N) is 1. The van der Waals surface area contributed by atoms with Gasteiger partial charge in [0.05, 0.1) is 21.7 Å². The number of H-pyrrole nitrogens is 1. The van der Waals surface area contributed by atoms with Gasteiger partial charge in [0, 0.05) is 7.05 Å². The van der Waals surface area contributed by atoms with Crippen LogP contribution in [0.25, 0.3) is 28.2 Å². The smallest absolute Gasteiger partial charge is 0.201 e. The lowest BCUT2D eigenvalue weighted by Gasteiger charge is -1.95. The van der Waals surface area contributed by atoms with Crippen molar-refractivity contribution >= 4 is 32.6 Å². The Morgan fingerprint density at radius 3 is 2.90 bits per heavy atom. The summed E-state index contributed by atoms with van der Waals surface area (Å²) < 4.78 is 4.29. The van der Waals surface area contributed by atoms with E-state index < -0.39 is 0 Å². The van der Waals surface area contributed by atoms with Crippen molar-refractivity contribution in [1.29, 1.82) is 0 Å². The van der Waals surface area contributed by atoms with E-state index >= 15 is 0 Å². The predicted octanol–water partition coefficient (Wildman–Crippen LogP) is 1.47. The molecule has 0 spiro atoms. The molecule has 0 unspecified atom stereocenters. The Kier molecular flexibility index (Phi) is 2.22. The molecule has 4 aromatic heterocycles. The second-order valence-electron chi connectivity index (χ2n) is 4.45. The van der Waals surface area contributed by atoms with Crippen LogP contribution in [0.3, 0.4) is 0 Å². The monoisotopic (exact) mass is 332 g/mol. The van der Waals surface area contributed by atoms with E-state index in [1.807, 2.05) is 14.0 Å². The molecule has 0 aliphatic heterocycles. The van der Waals surface area contributed by atoms with E-state index in [9.17, 15) is 0 Å². The maximum atomic E-state index is 4.58. The van der Waals surface area contributed by atoms with E-state index in [0.29, 0.717) is 17.1 Å². The van der Waals surface area contributed by atoms with Gasteiger partial charge in [-0.25, -0.2) is 14.5 Å². The number of aromatic amines is 1. The van der Waals surface area contributed by atoms with Crippen LogP contribution in [-0.4, -0.2) is 39.6 Å². The average molecular weight is 333 g/mol. The molecule has 4 heterocycles. The molecule has 100 valence electrons. The summed E-state index contributed by atoms with van der Waals surface area (Å²) in [6.07, 6.45) is 3.31. The summed E-state index contributed by atoms with van der Waals surface area (Å²) in [5, 5.41) is 16.4. The lowest BCUT2D eigenvalue weighted by atomic mass is 10.3. The summed E-state index contributed by atoms with van der Waals surface area (Å²) in [6.45, 7) is 1.93. The summed E-state index contributed by atoms with van der Waals surface area (Å²) >= 11 is 3.53. The maximum absolute atomic E-state index is 4.58. The predicted molar refractivity (Wildman–Crippen MR) is 75.1 cm³/mol. The Hall–Kier alpha value is -2.29. The molecule has 0 aliphatic carbocycles. The van der Waals surface area contributed by atoms with Crippen molar-refractivity contribution in [3.8, 4) is 11.5 Å². The van der Waals surface area contributed by atoms with Gasteiger partial charge in [-0.3, -0.25) is 9.78 Å². The highest BCUT2D eigenvalue weighted by Gasteiger charge is 2.18. The standard InChI is InChI=1S/C11H9BrN8/c1-5-7(12)8(19(2)17-5)10-15-11-6-3-14-16-9(6)13-4-20(11)18-10/h3-4H,1-2H3,(H,14,16). The van der Waals surface area contributed by atoms with Crippen molar-refractivity contribution in [3.63, 3.8) is 0 Å². The number of aryl methyl sites for hydroxylation is 2. The molecule has 0 radical (unpaired) electrons. The molecular weight excluding hydrogens is 324 g/mol. The van der Waals surface area contributed by atoms with Gasteiger partial charge in [0.2, 0.25) is 5.82 Å². The lowest BCUT2D eigenvalue weighted by molar-refractivity contribution is 0.758. The van der Waals surface area contributed by atoms with Gasteiger partial charge in [-0.15, -0.1) is 5.10 Å². The largest absolute Gasteiger partial charge is 0.263 e. The number of aromatic nitrogens is 8. The second-order valence-corrected chi connectivity index (χ2v) is 5.25. The van der Waals surface area contributed by atoms with Crippen LogP contribution in [0.2, 0.25) is 0 Å². The van der Waals surface area contributed by atoms with E-state index in [2.05, 4.69) is 46.3 Å². The quantitative estimate of drug-likeness (QED) is 0.570. The Labute approximate surface area is 121 Å². The van der Waals surface area contributed by atoms with Crippen LogP contribution in [0.15, 0.2) is 17.0 Å². The lowest BCUT2D eigenvalue weighted by Crippen LogP contribution is -1.96. The fraction of sp³-hybridized carbons (Fsp3) is 0.182. The van der Waals surface area contributed by atoms with Crippen molar-refractivity contribution in [3.05, 3.63) is 22.7 Å². The molecule has 9 heteroatoms. The number of nitrogens with zero attached hydrogens (tertiary/aromatic N) is 7. The first kappa shape index (κ1) is 11.5.